The average molecular weight is 253 g/mol. The lowest BCUT2D eigenvalue weighted by molar-refractivity contribution is 0.1000. The van der Waals surface area contributed by atoms with E-state index in [-0.39, 0.29) is 0 Å². The van der Waals surface area contributed by atoms with Gasteiger partial charge >= 0.3 is 0 Å². The van der Waals surface area contributed by atoms with Crippen LogP contribution in [0.15, 0.2) is 18.2 Å². The SMILES string of the molecule is COc1cc(N)cc(CSC2CCOCC2)c1. The number of hydrogen-bond acceptors (Lipinski definition) is 4. The quantitative estimate of drug-likeness (QED) is 0.838. The Balaban J connectivity index is 1.91. The summed E-state index contributed by atoms with van der Waals surface area (Å²) in [7, 11) is 1.67. The van der Waals surface area contributed by atoms with E-state index in [1.165, 1.54) is 5.56 Å². The van der Waals surface area contributed by atoms with Gasteiger partial charge in [0, 0.05) is 36.0 Å². The Morgan fingerprint density at radius 1 is 1.35 bits per heavy atom. The van der Waals surface area contributed by atoms with Gasteiger partial charge in [-0.3, -0.25) is 0 Å². The molecular formula is C13H19NO2S. The molecule has 0 unspecified atom stereocenters. The van der Waals surface area contributed by atoms with Crippen LogP contribution >= 0.6 is 11.8 Å². The zero-order valence-corrected chi connectivity index (χ0v) is 11.0. The largest absolute Gasteiger partial charge is 0.497 e. The molecule has 0 aromatic heterocycles. The van der Waals surface area contributed by atoms with Crippen molar-refractivity contribution in [3.8, 4) is 5.75 Å². The van der Waals surface area contributed by atoms with Crippen molar-refractivity contribution in [1.29, 1.82) is 0 Å². The van der Waals surface area contributed by atoms with Crippen LogP contribution in [0.4, 0.5) is 5.69 Å². The summed E-state index contributed by atoms with van der Waals surface area (Å²) >= 11 is 1.99. The Hall–Kier alpha value is -0.870. The van der Waals surface area contributed by atoms with Crippen LogP contribution in [0.5, 0.6) is 5.75 Å². The molecule has 0 atom stereocenters. The lowest BCUT2D eigenvalue weighted by Gasteiger charge is -2.21. The molecule has 1 aromatic carbocycles. The molecule has 4 heteroatoms. The molecule has 1 saturated heterocycles. The highest BCUT2D eigenvalue weighted by molar-refractivity contribution is 7.99. The van der Waals surface area contributed by atoms with Gasteiger partial charge in [-0.05, 0) is 30.5 Å². The smallest absolute Gasteiger partial charge is 0.121 e. The first-order valence-corrected chi connectivity index (χ1v) is 6.95. The third kappa shape index (κ3) is 3.82. The third-order valence-corrected chi connectivity index (χ3v) is 4.32. The number of thioether (sulfide) groups is 1. The number of rotatable bonds is 4. The molecule has 0 bridgehead atoms. The minimum atomic E-state index is 0.719. The number of nitrogen functional groups attached to an aromatic ring is 1. The van der Waals surface area contributed by atoms with E-state index in [2.05, 4.69) is 6.07 Å². The first kappa shape index (κ1) is 12.6. The van der Waals surface area contributed by atoms with Crippen molar-refractivity contribution in [2.75, 3.05) is 26.1 Å². The Labute approximate surface area is 107 Å². The molecule has 1 aliphatic heterocycles. The molecule has 0 radical (unpaired) electrons. The highest BCUT2D eigenvalue weighted by atomic mass is 32.2. The highest BCUT2D eigenvalue weighted by Gasteiger charge is 2.14. The van der Waals surface area contributed by atoms with Gasteiger partial charge in [0.25, 0.3) is 0 Å². The fourth-order valence-corrected chi connectivity index (χ4v) is 3.06. The summed E-state index contributed by atoms with van der Waals surface area (Å²) < 4.78 is 10.6. The van der Waals surface area contributed by atoms with Gasteiger partial charge in [-0.25, -0.2) is 0 Å². The second-order valence-corrected chi connectivity index (χ2v) is 5.53. The highest BCUT2D eigenvalue weighted by Crippen LogP contribution is 2.28. The van der Waals surface area contributed by atoms with Crippen LogP contribution in [-0.2, 0) is 10.5 Å². The van der Waals surface area contributed by atoms with E-state index in [4.69, 9.17) is 15.2 Å². The lowest BCUT2D eigenvalue weighted by atomic mass is 10.2. The molecule has 2 N–H and O–H groups in total. The van der Waals surface area contributed by atoms with Gasteiger partial charge in [-0.2, -0.15) is 11.8 Å². The van der Waals surface area contributed by atoms with E-state index in [9.17, 15) is 0 Å². The molecule has 1 aromatic rings. The van der Waals surface area contributed by atoms with Crippen molar-refractivity contribution < 1.29 is 9.47 Å². The van der Waals surface area contributed by atoms with Gasteiger partial charge in [-0.15, -0.1) is 0 Å². The standard InChI is InChI=1S/C13H19NO2S/c1-15-12-7-10(6-11(14)8-12)9-17-13-2-4-16-5-3-13/h6-8,13H,2-5,9,14H2,1H3. The minimum absolute atomic E-state index is 0.719. The molecule has 0 spiro atoms. The molecule has 2 rings (SSSR count). The van der Waals surface area contributed by atoms with E-state index >= 15 is 0 Å². The van der Waals surface area contributed by atoms with E-state index in [0.717, 1.165) is 48.5 Å². The number of ether oxygens (including phenoxy) is 2. The summed E-state index contributed by atoms with van der Waals surface area (Å²) in [4.78, 5) is 0. The number of anilines is 1. The monoisotopic (exact) mass is 253 g/mol. The molecule has 0 saturated carbocycles. The van der Waals surface area contributed by atoms with Crippen molar-refractivity contribution in [2.45, 2.75) is 23.8 Å². The van der Waals surface area contributed by atoms with Gasteiger partial charge in [0.2, 0.25) is 0 Å². The molecule has 94 valence electrons. The predicted molar refractivity (Wildman–Crippen MR) is 72.5 cm³/mol. The first-order chi connectivity index (χ1) is 8.28. The molecule has 0 aliphatic carbocycles. The predicted octanol–water partition coefficient (Wildman–Crippen LogP) is 2.69. The Morgan fingerprint density at radius 2 is 2.12 bits per heavy atom. The van der Waals surface area contributed by atoms with Crippen molar-refractivity contribution in [2.24, 2.45) is 0 Å². The van der Waals surface area contributed by atoms with Gasteiger partial charge in [-0.1, -0.05) is 0 Å². The van der Waals surface area contributed by atoms with Crippen LogP contribution in [0.1, 0.15) is 18.4 Å². The first-order valence-electron chi connectivity index (χ1n) is 5.90. The second kappa shape index (κ2) is 6.17. The van der Waals surface area contributed by atoms with Crippen LogP contribution in [0.2, 0.25) is 0 Å². The van der Waals surface area contributed by atoms with E-state index in [1.54, 1.807) is 7.11 Å². The number of hydrogen-bond donors (Lipinski definition) is 1. The summed E-state index contributed by atoms with van der Waals surface area (Å²) in [6, 6.07) is 5.93. The molecule has 1 aliphatic rings. The summed E-state index contributed by atoms with van der Waals surface area (Å²) in [5.74, 6) is 1.83. The van der Waals surface area contributed by atoms with Gasteiger partial charge in [0.15, 0.2) is 0 Å². The molecule has 1 fully saturated rings. The van der Waals surface area contributed by atoms with Gasteiger partial charge in [0.05, 0.1) is 7.11 Å². The lowest BCUT2D eigenvalue weighted by Crippen LogP contribution is -2.17. The van der Waals surface area contributed by atoms with Crippen molar-refractivity contribution in [1.82, 2.24) is 0 Å². The molecule has 0 amide bonds. The second-order valence-electron chi connectivity index (χ2n) is 4.24. The van der Waals surface area contributed by atoms with Crippen molar-refractivity contribution in [3.63, 3.8) is 0 Å². The number of nitrogens with two attached hydrogens (primary N) is 1. The van der Waals surface area contributed by atoms with Crippen LogP contribution in [0.3, 0.4) is 0 Å². The number of benzene rings is 1. The van der Waals surface area contributed by atoms with Crippen molar-refractivity contribution >= 4 is 17.4 Å². The maximum atomic E-state index is 5.83. The summed E-state index contributed by atoms with van der Waals surface area (Å²) in [6.07, 6.45) is 2.31. The Kier molecular flexibility index (Phi) is 4.57. The van der Waals surface area contributed by atoms with Crippen LogP contribution in [-0.4, -0.2) is 25.6 Å². The third-order valence-electron chi connectivity index (χ3n) is 2.88. The van der Waals surface area contributed by atoms with Crippen molar-refractivity contribution in [3.05, 3.63) is 23.8 Å². The summed E-state index contributed by atoms with van der Waals surface area (Å²) in [5, 5.41) is 0.719. The average Bonchev–Trinajstić information content (AvgIpc) is 2.37. The zero-order valence-electron chi connectivity index (χ0n) is 10.1. The summed E-state index contributed by atoms with van der Waals surface area (Å²) in [5.41, 5.74) is 7.84. The van der Waals surface area contributed by atoms with Crippen LogP contribution < -0.4 is 10.5 Å². The Bertz CT molecular complexity index is 364. The topological polar surface area (TPSA) is 44.5 Å². The van der Waals surface area contributed by atoms with E-state index in [1.807, 2.05) is 23.9 Å². The molecule has 1 heterocycles. The van der Waals surface area contributed by atoms with Crippen LogP contribution in [0, 0.1) is 0 Å². The Morgan fingerprint density at radius 3 is 2.82 bits per heavy atom. The van der Waals surface area contributed by atoms with E-state index in [0.29, 0.717) is 0 Å². The van der Waals surface area contributed by atoms with Gasteiger partial charge in [0.1, 0.15) is 5.75 Å². The zero-order chi connectivity index (χ0) is 12.1. The fourth-order valence-electron chi connectivity index (χ4n) is 1.94. The maximum absolute atomic E-state index is 5.83. The molecule has 3 nitrogen and oxygen atoms in total. The minimum Gasteiger partial charge on any atom is -0.497 e. The number of methoxy groups -OCH3 is 1. The summed E-state index contributed by atoms with van der Waals surface area (Å²) in [6.45, 7) is 1.80. The molecule has 17 heavy (non-hydrogen) atoms. The van der Waals surface area contributed by atoms with Gasteiger partial charge < -0.3 is 15.2 Å². The fraction of sp³-hybridized carbons (Fsp3) is 0.538. The normalized spacial score (nSPS) is 17.0. The molecular weight excluding hydrogens is 234 g/mol. The maximum Gasteiger partial charge on any atom is 0.121 e. The van der Waals surface area contributed by atoms with Crippen LogP contribution in [0.25, 0.3) is 0 Å². The van der Waals surface area contributed by atoms with E-state index < -0.39 is 0 Å².